The summed E-state index contributed by atoms with van der Waals surface area (Å²) in [6.45, 7) is 0.475. The zero-order valence-corrected chi connectivity index (χ0v) is 13.0. The standard InChI is InChI=1S/C14H16N4O4S/c19-14(17-13-7-8-22-18-13)16-11-3-5-12(6-4-11)23(20,21)15-9-10-1-2-10/h3-8,10,15H,1-2,9H2,(H2,16,17,18,19). The topological polar surface area (TPSA) is 113 Å². The minimum Gasteiger partial charge on any atom is -0.363 e. The van der Waals surface area contributed by atoms with Crippen LogP contribution in [0.1, 0.15) is 12.8 Å². The van der Waals surface area contributed by atoms with E-state index in [1.807, 2.05) is 0 Å². The average Bonchev–Trinajstić information content (AvgIpc) is 3.22. The molecule has 8 nitrogen and oxygen atoms in total. The normalized spacial score (nSPS) is 14.4. The molecule has 3 rings (SSSR count). The minimum atomic E-state index is -3.50. The Hall–Kier alpha value is -2.39. The zero-order valence-electron chi connectivity index (χ0n) is 12.2. The SMILES string of the molecule is O=C(Nc1ccc(S(=O)(=O)NCC2CC2)cc1)Nc1ccon1. The number of sulfonamides is 1. The van der Waals surface area contributed by atoms with Gasteiger partial charge in [-0.15, -0.1) is 0 Å². The van der Waals surface area contributed by atoms with Crippen molar-refractivity contribution in [2.24, 2.45) is 5.92 Å². The lowest BCUT2D eigenvalue weighted by Crippen LogP contribution is -2.25. The molecule has 0 aliphatic heterocycles. The van der Waals surface area contributed by atoms with Crippen molar-refractivity contribution in [3.05, 3.63) is 36.6 Å². The van der Waals surface area contributed by atoms with Crippen LogP contribution in [0.15, 0.2) is 46.0 Å². The first-order valence-corrected chi connectivity index (χ1v) is 8.59. The zero-order chi connectivity index (χ0) is 16.3. The summed E-state index contributed by atoms with van der Waals surface area (Å²) in [6, 6.07) is 6.94. The van der Waals surface area contributed by atoms with Crippen LogP contribution in [-0.4, -0.2) is 26.2 Å². The molecule has 0 saturated heterocycles. The molecule has 3 N–H and O–H groups in total. The van der Waals surface area contributed by atoms with Crippen molar-refractivity contribution in [1.29, 1.82) is 0 Å². The number of carbonyl (C=O) groups excluding carboxylic acids is 1. The number of benzene rings is 1. The van der Waals surface area contributed by atoms with Crippen LogP contribution in [-0.2, 0) is 10.0 Å². The van der Waals surface area contributed by atoms with Gasteiger partial charge >= 0.3 is 6.03 Å². The largest absolute Gasteiger partial charge is 0.363 e. The summed E-state index contributed by atoms with van der Waals surface area (Å²) in [4.78, 5) is 11.9. The van der Waals surface area contributed by atoms with E-state index in [-0.39, 0.29) is 10.7 Å². The highest BCUT2D eigenvalue weighted by Gasteiger charge is 2.24. The van der Waals surface area contributed by atoms with E-state index in [0.717, 1.165) is 12.8 Å². The molecular formula is C14H16N4O4S. The van der Waals surface area contributed by atoms with Gasteiger partial charge in [0.15, 0.2) is 5.82 Å². The summed E-state index contributed by atoms with van der Waals surface area (Å²) in [7, 11) is -3.50. The lowest BCUT2D eigenvalue weighted by Gasteiger charge is -2.08. The monoisotopic (exact) mass is 336 g/mol. The van der Waals surface area contributed by atoms with Gasteiger partial charge in [0, 0.05) is 18.3 Å². The number of amides is 2. The second kappa shape index (κ2) is 6.39. The van der Waals surface area contributed by atoms with Gasteiger partial charge in [-0.1, -0.05) is 5.16 Å². The van der Waals surface area contributed by atoms with Gasteiger partial charge in [0.1, 0.15) is 6.26 Å². The van der Waals surface area contributed by atoms with E-state index in [4.69, 9.17) is 0 Å². The number of carbonyl (C=O) groups is 1. The van der Waals surface area contributed by atoms with Crippen LogP contribution in [0.2, 0.25) is 0 Å². The molecule has 1 aromatic heterocycles. The van der Waals surface area contributed by atoms with Gasteiger partial charge in [-0.25, -0.2) is 17.9 Å². The van der Waals surface area contributed by atoms with Crippen molar-refractivity contribution in [2.45, 2.75) is 17.7 Å². The molecule has 2 amide bonds. The fourth-order valence-electron chi connectivity index (χ4n) is 1.91. The molecule has 0 unspecified atom stereocenters. The van der Waals surface area contributed by atoms with Crippen molar-refractivity contribution in [1.82, 2.24) is 9.88 Å². The molecule has 23 heavy (non-hydrogen) atoms. The smallest absolute Gasteiger partial charge is 0.324 e. The number of hydrogen-bond donors (Lipinski definition) is 3. The first-order valence-electron chi connectivity index (χ1n) is 7.11. The van der Waals surface area contributed by atoms with Crippen LogP contribution in [0.5, 0.6) is 0 Å². The number of anilines is 2. The predicted octanol–water partition coefficient (Wildman–Crippen LogP) is 2.01. The van der Waals surface area contributed by atoms with E-state index >= 15 is 0 Å². The maximum absolute atomic E-state index is 12.1. The first-order chi connectivity index (χ1) is 11.0. The van der Waals surface area contributed by atoms with Crippen LogP contribution in [0.3, 0.4) is 0 Å². The van der Waals surface area contributed by atoms with Crippen molar-refractivity contribution in [3.8, 4) is 0 Å². The highest BCUT2D eigenvalue weighted by Crippen LogP contribution is 2.28. The van der Waals surface area contributed by atoms with Crippen molar-refractivity contribution in [2.75, 3.05) is 17.2 Å². The fraction of sp³-hybridized carbons (Fsp3) is 0.286. The maximum atomic E-state index is 12.1. The Morgan fingerprint density at radius 3 is 2.52 bits per heavy atom. The molecule has 122 valence electrons. The van der Waals surface area contributed by atoms with E-state index < -0.39 is 16.1 Å². The van der Waals surface area contributed by atoms with E-state index in [2.05, 4.69) is 25.0 Å². The summed E-state index contributed by atoms with van der Waals surface area (Å²) >= 11 is 0. The molecule has 0 atom stereocenters. The first kappa shape index (κ1) is 15.5. The predicted molar refractivity (Wildman–Crippen MR) is 83.5 cm³/mol. The van der Waals surface area contributed by atoms with E-state index in [9.17, 15) is 13.2 Å². The van der Waals surface area contributed by atoms with E-state index in [1.165, 1.54) is 36.6 Å². The average molecular weight is 336 g/mol. The number of hydrogen-bond acceptors (Lipinski definition) is 5. The second-order valence-corrected chi connectivity index (χ2v) is 7.05. The van der Waals surface area contributed by atoms with Crippen LogP contribution in [0.25, 0.3) is 0 Å². The van der Waals surface area contributed by atoms with Crippen molar-refractivity contribution in [3.63, 3.8) is 0 Å². The van der Waals surface area contributed by atoms with E-state index in [0.29, 0.717) is 18.2 Å². The summed E-state index contributed by atoms with van der Waals surface area (Å²) in [5, 5.41) is 8.59. The second-order valence-electron chi connectivity index (χ2n) is 5.28. The Morgan fingerprint density at radius 1 is 1.17 bits per heavy atom. The molecule has 0 radical (unpaired) electrons. The lowest BCUT2D eigenvalue weighted by molar-refractivity contribution is 0.262. The molecule has 0 spiro atoms. The van der Waals surface area contributed by atoms with Crippen LogP contribution in [0.4, 0.5) is 16.3 Å². The summed E-state index contributed by atoms with van der Waals surface area (Å²) in [5.41, 5.74) is 0.465. The van der Waals surface area contributed by atoms with Gasteiger partial charge in [0.05, 0.1) is 4.90 Å². The number of aromatic nitrogens is 1. The molecule has 2 aromatic rings. The quantitative estimate of drug-likeness (QED) is 0.747. The minimum absolute atomic E-state index is 0.167. The van der Waals surface area contributed by atoms with Gasteiger partial charge in [0.2, 0.25) is 10.0 Å². The molecular weight excluding hydrogens is 320 g/mol. The molecule has 1 saturated carbocycles. The van der Waals surface area contributed by atoms with Gasteiger partial charge in [0.25, 0.3) is 0 Å². The van der Waals surface area contributed by atoms with E-state index in [1.54, 1.807) is 0 Å². The van der Waals surface area contributed by atoms with Gasteiger partial charge in [-0.3, -0.25) is 5.32 Å². The molecule has 1 heterocycles. The summed E-state index contributed by atoms with van der Waals surface area (Å²) in [5.74, 6) is 0.747. The molecule has 1 aliphatic carbocycles. The maximum Gasteiger partial charge on any atom is 0.324 e. The van der Waals surface area contributed by atoms with Crippen molar-refractivity contribution >= 4 is 27.6 Å². The highest BCUT2D eigenvalue weighted by atomic mass is 32.2. The third-order valence-corrected chi connectivity index (χ3v) is 4.80. The van der Waals surface area contributed by atoms with Crippen LogP contribution < -0.4 is 15.4 Å². The van der Waals surface area contributed by atoms with Gasteiger partial charge < -0.3 is 9.84 Å². The third kappa shape index (κ3) is 4.30. The Bertz CT molecular complexity index is 768. The number of urea groups is 1. The lowest BCUT2D eigenvalue weighted by atomic mass is 10.3. The Balaban J connectivity index is 1.58. The third-order valence-electron chi connectivity index (χ3n) is 3.36. The Kier molecular flexibility index (Phi) is 4.30. The fourth-order valence-corrected chi connectivity index (χ4v) is 3.02. The van der Waals surface area contributed by atoms with Crippen LogP contribution >= 0.6 is 0 Å². The molecule has 1 aromatic carbocycles. The highest BCUT2D eigenvalue weighted by molar-refractivity contribution is 7.89. The number of rotatable bonds is 6. The molecule has 1 aliphatic rings. The van der Waals surface area contributed by atoms with Gasteiger partial charge in [-0.05, 0) is 43.0 Å². The molecule has 1 fully saturated rings. The Morgan fingerprint density at radius 2 is 1.91 bits per heavy atom. The molecule has 9 heteroatoms. The van der Waals surface area contributed by atoms with Crippen LogP contribution in [0, 0.1) is 5.92 Å². The number of nitrogens with one attached hydrogen (secondary N) is 3. The Labute approximate surface area is 133 Å². The summed E-state index contributed by atoms with van der Waals surface area (Å²) in [6.07, 6.45) is 3.49. The number of nitrogens with zero attached hydrogens (tertiary/aromatic N) is 1. The van der Waals surface area contributed by atoms with Gasteiger partial charge in [-0.2, -0.15) is 0 Å². The van der Waals surface area contributed by atoms with Crippen molar-refractivity contribution < 1.29 is 17.7 Å². The molecule has 0 bridgehead atoms. The summed E-state index contributed by atoms with van der Waals surface area (Å²) < 4.78 is 31.3.